The second-order valence-corrected chi connectivity index (χ2v) is 3.10. The fourth-order valence-electron chi connectivity index (χ4n) is 1.09. The molecular formula is C8H18NO3. The summed E-state index contributed by atoms with van der Waals surface area (Å²) < 4.78 is 0. The predicted octanol–water partition coefficient (Wildman–Crippen LogP) is -0.416. The lowest BCUT2D eigenvalue weighted by molar-refractivity contribution is 0.0817. The van der Waals surface area contributed by atoms with Crippen LogP contribution in [-0.4, -0.2) is 52.1 Å². The van der Waals surface area contributed by atoms with Crippen molar-refractivity contribution in [3.8, 4) is 0 Å². The quantitative estimate of drug-likeness (QED) is 0.514. The van der Waals surface area contributed by atoms with E-state index in [2.05, 4.69) is 0 Å². The van der Waals surface area contributed by atoms with Gasteiger partial charge in [-0.25, -0.2) is 0 Å². The van der Waals surface area contributed by atoms with Crippen LogP contribution in [0.15, 0.2) is 0 Å². The first-order valence-electron chi connectivity index (χ1n) is 4.10. The Bertz CT molecular complexity index is 96.5. The Morgan fingerprint density at radius 1 is 1.17 bits per heavy atom. The van der Waals surface area contributed by atoms with Gasteiger partial charge in [-0.2, -0.15) is 0 Å². The van der Waals surface area contributed by atoms with Crippen molar-refractivity contribution in [3.63, 3.8) is 0 Å². The van der Waals surface area contributed by atoms with Crippen LogP contribution >= 0.6 is 0 Å². The van der Waals surface area contributed by atoms with E-state index in [1.165, 1.54) is 0 Å². The monoisotopic (exact) mass is 176 g/mol. The molecule has 3 N–H and O–H groups in total. The zero-order chi connectivity index (χ0) is 9.56. The molecule has 0 bridgehead atoms. The first kappa shape index (κ1) is 11.8. The van der Waals surface area contributed by atoms with Gasteiger partial charge in [0.2, 0.25) is 0 Å². The van der Waals surface area contributed by atoms with E-state index in [4.69, 9.17) is 15.3 Å². The van der Waals surface area contributed by atoms with Gasteiger partial charge in [0.15, 0.2) is 0 Å². The molecule has 0 aliphatic carbocycles. The third-order valence-corrected chi connectivity index (χ3v) is 1.38. The zero-order valence-electron chi connectivity index (χ0n) is 7.64. The molecule has 73 valence electrons. The minimum atomic E-state index is -0.441. The highest BCUT2D eigenvalue weighted by Crippen LogP contribution is 1.95. The van der Waals surface area contributed by atoms with Crippen LogP contribution in [0.25, 0.3) is 0 Å². The number of nitrogens with zero attached hydrogens (tertiary/aromatic N) is 1. The molecule has 0 fully saturated rings. The van der Waals surface area contributed by atoms with Crippen LogP contribution in [0.5, 0.6) is 0 Å². The number of hydrogen-bond acceptors (Lipinski definition) is 4. The lowest BCUT2D eigenvalue weighted by Crippen LogP contribution is -2.37. The summed E-state index contributed by atoms with van der Waals surface area (Å²) in [7, 11) is 0. The summed E-state index contributed by atoms with van der Waals surface area (Å²) in [5.41, 5.74) is 0. The Morgan fingerprint density at radius 2 is 1.58 bits per heavy atom. The summed E-state index contributed by atoms with van der Waals surface area (Å²) >= 11 is 0. The van der Waals surface area contributed by atoms with Gasteiger partial charge in [0.05, 0.1) is 18.8 Å². The summed E-state index contributed by atoms with van der Waals surface area (Å²) in [5.74, 6) is 0. The summed E-state index contributed by atoms with van der Waals surface area (Å²) in [6.07, 6.45) is -0.882. The maximum Gasteiger partial charge on any atom is 0.0938 e. The number of rotatable bonds is 6. The number of aliphatic hydroxyl groups is 3. The van der Waals surface area contributed by atoms with Crippen molar-refractivity contribution in [1.29, 1.82) is 0 Å². The molecule has 1 radical (unpaired) electrons. The van der Waals surface area contributed by atoms with Crippen molar-refractivity contribution in [2.24, 2.45) is 0 Å². The molecule has 0 spiro atoms. The topological polar surface area (TPSA) is 63.9 Å². The number of aliphatic hydroxyl groups excluding tert-OH is 3. The van der Waals surface area contributed by atoms with Gasteiger partial charge in [0, 0.05) is 19.6 Å². The second-order valence-electron chi connectivity index (χ2n) is 3.10. The fourth-order valence-corrected chi connectivity index (χ4v) is 1.09. The van der Waals surface area contributed by atoms with Crippen LogP contribution in [-0.2, 0) is 0 Å². The molecule has 0 saturated heterocycles. The Morgan fingerprint density at radius 3 is 1.83 bits per heavy atom. The lowest BCUT2D eigenvalue weighted by Gasteiger charge is -2.23. The van der Waals surface area contributed by atoms with E-state index >= 15 is 0 Å². The van der Waals surface area contributed by atoms with Gasteiger partial charge in [-0.15, -0.1) is 0 Å². The highest BCUT2D eigenvalue weighted by atomic mass is 16.3. The van der Waals surface area contributed by atoms with Crippen molar-refractivity contribution < 1.29 is 15.3 Å². The molecule has 4 heteroatoms. The summed E-state index contributed by atoms with van der Waals surface area (Å²) in [4.78, 5) is 1.77. The third-order valence-electron chi connectivity index (χ3n) is 1.38. The molecule has 4 nitrogen and oxygen atoms in total. The van der Waals surface area contributed by atoms with Crippen LogP contribution in [0.4, 0.5) is 0 Å². The highest BCUT2D eigenvalue weighted by molar-refractivity contribution is 4.67. The smallest absolute Gasteiger partial charge is 0.0938 e. The van der Waals surface area contributed by atoms with Gasteiger partial charge in [-0.05, 0) is 13.8 Å². The first-order chi connectivity index (χ1) is 5.56. The van der Waals surface area contributed by atoms with Crippen molar-refractivity contribution in [2.45, 2.75) is 26.1 Å². The van der Waals surface area contributed by atoms with Gasteiger partial charge in [0.25, 0.3) is 0 Å². The number of hydrogen-bond donors (Lipinski definition) is 3. The van der Waals surface area contributed by atoms with Crippen LogP contribution in [0.1, 0.15) is 13.8 Å². The largest absolute Gasteiger partial charge is 0.392 e. The average Bonchev–Trinajstić information content (AvgIpc) is 1.84. The van der Waals surface area contributed by atoms with Crippen molar-refractivity contribution in [2.75, 3.05) is 19.6 Å². The van der Waals surface area contributed by atoms with Gasteiger partial charge in [0.1, 0.15) is 0 Å². The Labute approximate surface area is 73.4 Å². The third kappa shape index (κ3) is 6.54. The molecule has 0 aromatic carbocycles. The average molecular weight is 176 g/mol. The van der Waals surface area contributed by atoms with E-state index in [1.807, 2.05) is 0 Å². The molecule has 0 aliphatic heterocycles. The predicted molar refractivity (Wildman–Crippen MR) is 46.0 cm³/mol. The van der Waals surface area contributed by atoms with Gasteiger partial charge < -0.3 is 15.3 Å². The Kier molecular flexibility index (Phi) is 6.28. The normalized spacial score (nSPS) is 16.5. The van der Waals surface area contributed by atoms with Crippen LogP contribution in [0.2, 0.25) is 0 Å². The van der Waals surface area contributed by atoms with E-state index < -0.39 is 12.2 Å². The van der Waals surface area contributed by atoms with Crippen molar-refractivity contribution in [1.82, 2.24) is 4.90 Å². The molecule has 0 heterocycles. The van der Waals surface area contributed by atoms with E-state index in [1.54, 1.807) is 18.7 Å². The summed E-state index contributed by atoms with van der Waals surface area (Å²) in [5, 5.41) is 26.6. The standard InChI is InChI=1S/C8H18NO3/c1-7(11)5-9(3-4-10)6-8(2)12/h4,7-8,10-12H,3,5-6H2,1-2H3. The van der Waals surface area contributed by atoms with E-state index in [-0.39, 0.29) is 0 Å². The molecular weight excluding hydrogens is 158 g/mol. The molecule has 0 aliphatic rings. The molecule has 0 rings (SSSR count). The molecule has 0 saturated carbocycles. The van der Waals surface area contributed by atoms with Crippen LogP contribution < -0.4 is 0 Å². The molecule has 0 aromatic heterocycles. The SMILES string of the molecule is CC(O)CN(C[CH]O)CC(C)O. The van der Waals surface area contributed by atoms with Crippen LogP contribution in [0.3, 0.4) is 0 Å². The maximum absolute atomic E-state index is 9.04. The van der Waals surface area contributed by atoms with Crippen molar-refractivity contribution >= 4 is 0 Å². The van der Waals surface area contributed by atoms with E-state index in [9.17, 15) is 0 Å². The fraction of sp³-hybridized carbons (Fsp3) is 0.875. The molecule has 0 amide bonds. The first-order valence-corrected chi connectivity index (χ1v) is 4.10. The molecule has 12 heavy (non-hydrogen) atoms. The molecule has 2 unspecified atom stereocenters. The van der Waals surface area contributed by atoms with Crippen molar-refractivity contribution in [3.05, 3.63) is 6.61 Å². The summed E-state index contributed by atoms with van der Waals surface area (Å²) in [6.45, 7) is 5.66. The maximum atomic E-state index is 9.04. The zero-order valence-corrected chi connectivity index (χ0v) is 7.64. The second kappa shape index (κ2) is 6.37. The van der Waals surface area contributed by atoms with E-state index in [0.717, 1.165) is 6.61 Å². The highest BCUT2D eigenvalue weighted by Gasteiger charge is 2.09. The summed E-state index contributed by atoms with van der Waals surface area (Å²) in [6, 6.07) is 0. The Hall–Kier alpha value is -0.160. The van der Waals surface area contributed by atoms with Gasteiger partial charge in [-0.3, -0.25) is 4.90 Å². The lowest BCUT2D eigenvalue weighted by atomic mass is 10.3. The van der Waals surface area contributed by atoms with Gasteiger partial charge in [-0.1, -0.05) is 0 Å². The molecule has 2 atom stereocenters. The minimum Gasteiger partial charge on any atom is -0.392 e. The van der Waals surface area contributed by atoms with Gasteiger partial charge >= 0.3 is 0 Å². The van der Waals surface area contributed by atoms with E-state index in [0.29, 0.717) is 19.6 Å². The van der Waals surface area contributed by atoms with Crippen LogP contribution in [0, 0.1) is 6.61 Å². The minimum absolute atomic E-state index is 0.371. The Balaban J connectivity index is 3.69. The molecule has 0 aromatic rings.